The highest BCUT2D eigenvalue weighted by atomic mass is 19.4. The normalized spacial score (nSPS) is 15.2. The summed E-state index contributed by atoms with van der Waals surface area (Å²) in [6, 6.07) is 11.6. The van der Waals surface area contributed by atoms with E-state index in [2.05, 4.69) is 5.32 Å². The number of anilines is 2. The number of hydrogen-bond acceptors (Lipinski definition) is 4. The van der Waals surface area contributed by atoms with E-state index in [0.29, 0.717) is 37.9 Å². The minimum atomic E-state index is -4.64. The molecule has 2 aromatic rings. The van der Waals surface area contributed by atoms with Crippen LogP contribution in [0.2, 0.25) is 0 Å². The van der Waals surface area contributed by atoms with Crippen LogP contribution in [0.4, 0.5) is 30.2 Å². The fraction of sp³-hybridized carbons (Fsp3) is 0.316. The minimum Gasteiger partial charge on any atom is -0.355 e. The maximum absolute atomic E-state index is 12.9. The van der Waals surface area contributed by atoms with Crippen LogP contribution in [-0.2, 0) is 11.0 Å². The van der Waals surface area contributed by atoms with E-state index in [1.54, 1.807) is 17.0 Å². The Morgan fingerprint density at radius 2 is 1.79 bits per heavy atom. The van der Waals surface area contributed by atoms with Gasteiger partial charge in [-0.3, -0.25) is 14.9 Å². The van der Waals surface area contributed by atoms with Gasteiger partial charge in [0.2, 0.25) is 0 Å². The molecule has 1 aliphatic heterocycles. The molecule has 0 atom stereocenters. The van der Waals surface area contributed by atoms with Crippen molar-refractivity contribution in [1.82, 2.24) is 0 Å². The maximum atomic E-state index is 12.9. The number of hydrogen-bond donors (Lipinski definition) is 2. The van der Waals surface area contributed by atoms with Crippen LogP contribution in [0.15, 0.2) is 48.5 Å². The van der Waals surface area contributed by atoms with E-state index in [4.69, 9.17) is 0 Å². The number of carbonyl (C=O) groups excluding carboxylic acids is 1. The van der Waals surface area contributed by atoms with Crippen LogP contribution in [0.1, 0.15) is 5.56 Å². The molecule has 0 aromatic heterocycles. The van der Waals surface area contributed by atoms with Gasteiger partial charge >= 0.3 is 6.18 Å². The number of nitrogens with one attached hydrogen (secondary N) is 2. The lowest BCUT2D eigenvalue weighted by molar-refractivity contribution is -0.892. The number of halogens is 3. The summed E-state index contributed by atoms with van der Waals surface area (Å²) in [5.41, 5.74) is -0.744. The van der Waals surface area contributed by atoms with Crippen LogP contribution < -0.4 is 15.1 Å². The summed E-state index contributed by atoms with van der Waals surface area (Å²) in [5, 5.41) is 14.1. The summed E-state index contributed by atoms with van der Waals surface area (Å²) in [6.07, 6.45) is -4.64. The van der Waals surface area contributed by atoms with Crippen LogP contribution in [0.3, 0.4) is 0 Å². The van der Waals surface area contributed by atoms with Crippen molar-refractivity contribution in [3.05, 3.63) is 64.2 Å². The number of piperazine rings is 1. The van der Waals surface area contributed by atoms with Gasteiger partial charge in [0.05, 0.1) is 36.7 Å². The molecule has 1 saturated heterocycles. The zero-order chi connectivity index (χ0) is 21.0. The van der Waals surface area contributed by atoms with Gasteiger partial charge in [-0.2, -0.15) is 13.2 Å². The second-order valence-corrected chi connectivity index (χ2v) is 6.79. The molecular weight excluding hydrogens is 389 g/mol. The Kier molecular flexibility index (Phi) is 6.02. The molecule has 2 N–H and O–H groups in total. The standard InChI is InChI=1S/C19H19F3N4O3/c20-19(21,22)14-6-7-16(17(12-14)26(28)29)25-10-8-24(9-11-25)13-18(27)23-15-4-2-1-3-5-15/h1-7,12H,8-11,13H2,(H,23,27)/p+1. The van der Waals surface area contributed by atoms with Crippen LogP contribution in [-0.4, -0.2) is 43.6 Å². The number of carbonyl (C=O) groups is 1. The summed E-state index contributed by atoms with van der Waals surface area (Å²) >= 11 is 0. The second kappa shape index (κ2) is 8.48. The van der Waals surface area contributed by atoms with Gasteiger partial charge < -0.3 is 15.1 Å². The second-order valence-electron chi connectivity index (χ2n) is 6.79. The van der Waals surface area contributed by atoms with Crippen molar-refractivity contribution in [2.45, 2.75) is 6.18 Å². The highest BCUT2D eigenvalue weighted by molar-refractivity contribution is 5.91. The van der Waals surface area contributed by atoms with E-state index in [1.165, 1.54) is 0 Å². The van der Waals surface area contributed by atoms with E-state index in [-0.39, 0.29) is 18.1 Å². The molecule has 0 unspecified atom stereocenters. The first kappa shape index (κ1) is 20.6. The first-order valence-electron chi connectivity index (χ1n) is 9.03. The van der Waals surface area contributed by atoms with Crippen molar-refractivity contribution < 1.29 is 27.8 Å². The Labute approximate surface area is 164 Å². The summed E-state index contributed by atoms with van der Waals surface area (Å²) in [7, 11) is 0. The third-order valence-electron chi connectivity index (χ3n) is 4.78. The Morgan fingerprint density at radius 3 is 2.38 bits per heavy atom. The number of quaternary nitrogens is 1. The molecule has 1 amide bonds. The molecule has 0 saturated carbocycles. The van der Waals surface area contributed by atoms with E-state index in [1.807, 2.05) is 18.2 Å². The Balaban J connectivity index is 1.62. The molecule has 3 rings (SSSR count). The quantitative estimate of drug-likeness (QED) is 0.585. The number of alkyl halides is 3. The smallest absolute Gasteiger partial charge is 0.355 e. The molecule has 0 aliphatic carbocycles. The monoisotopic (exact) mass is 409 g/mol. The van der Waals surface area contributed by atoms with Gasteiger partial charge in [-0.25, -0.2) is 0 Å². The van der Waals surface area contributed by atoms with Gasteiger partial charge in [0.1, 0.15) is 5.69 Å². The molecule has 0 spiro atoms. The molecule has 1 heterocycles. The van der Waals surface area contributed by atoms with E-state index in [9.17, 15) is 28.1 Å². The van der Waals surface area contributed by atoms with E-state index >= 15 is 0 Å². The zero-order valence-corrected chi connectivity index (χ0v) is 15.4. The van der Waals surface area contributed by atoms with Crippen molar-refractivity contribution in [1.29, 1.82) is 0 Å². The molecule has 29 heavy (non-hydrogen) atoms. The SMILES string of the molecule is O=C(C[NH+]1CCN(c2ccc(C(F)(F)F)cc2[N+](=O)[O-])CC1)Nc1ccccc1. The van der Waals surface area contributed by atoms with Crippen LogP contribution in [0.25, 0.3) is 0 Å². The minimum absolute atomic E-state index is 0.139. The zero-order valence-electron chi connectivity index (χ0n) is 15.4. The Morgan fingerprint density at radius 1 is 1.14 bits per heavy atom. The van der Waals surface area contributed by atoms with Crippen LogP contribution in [0.5, 0.6) is 0 Å². The average Bonchev–Trinajstić information content (AvgIpc) is 2.68. The fourth-order valence-corrected chi connectivity index (χ4v) is 3.31. The third kappa shape index (κ3) is 5.23. The van der Waals surface area contributed by atoms with Gasteiger partial charge in [0, 0.05) is 11.8 Å². The van der Waals surface area contributed by atoms with Crippen molar-refractivity contribution in [3.8, 4) is 0 Å². The Bertz CT molecular complexity index is 882. The maximum Gasteiger partial charge on any atom is 0.416 e. The van der Waals surface area contributed by atoms with Crippen molar-refractivity contribution in [2.24, 2.45) is 0 Å². The van der Waals surface area contributed by atoms with Crippen molar-refractivity contribution in [2.75, 3.05) is 42.9 Å². The number of nitro benzene ring substituents is 1. The molecule has 7 nitrogen and oxygen atoms in total. The molecular formula is C19H20F3N4O3+. The molecule has 0 bridgehead atoms. The molecule has 0 radical (unpaired) electrons. The van der Waals surface area contributed by atoms with Gasteiger partial charge in [-0.05, 0) is 24.3 Å². The number of nitro groups is 1. The summed E-state index contributed by atoms with van der Waals surface area (Å²) in [4.78, 5) is 25.3. The number of amides is 1. The lowest BCUT2D eigenvalue weighted by Crippen LogP contribution is -3.15. The predicted octanol–water partition coefficient (Wildman–Crippen LogP) is 1.96. The predicted molar refractivity (Wildman–Crippen MR) is 101 cm³/mol. The number of para-hydroxylation sites is 1. The van der Waals surface area contributed by atoms with Gasteiger partial charge in [-0.15, -0.1) is 0 Å². The first-order valence-corrected chi connectivity index (χ1v) is 9.03. The number of rotatable bonds is 5. The molecule has 1 aliphatic rings. The molecule has 2 aromatic carbocycles. The van der Waals surface area contributed by atoms with Gasteiger partial charge in [0.25, 0.3) is 11.6 Å². The highest BCUT2D eigenvalue weighted by Crippen LogP contribution is 2.36. The number of benzene rings is 2. The molecule has 1 fully saturated rings. The van der Waals surface area contributed by atoms with Crippen LogP contribution >= 0.6 is 0 Å². The Hall–Kier alpha value is -3.14. The third-order valence-corrected chi connectivity index (χ3v) is 4.78. The largest absolute Gasteiger partial charge is 0.416 e. The lowest BCUT2D eigenvalue weighted by Gasteiger charge is -2.33. The average molecular weight is 409 g/mol. The van der Waals surface area contributed by atoms with E-state index < -0.39 is 22.4 Å². The van der Waals surface area contributed by atoms with Crippen molar-refractivity contribution >= 4 is 23.0 Å². The number of nitrogens with zero attached hydrogens (tertiary/aromatic N) is 2. The van der Waals surface area contributed by atoms with Gasteiger partial charge in [0.15, 0.2) is 6.54 Å². The summed E-state index contributed by atoms with van der Waals surface area (Å²) in [5.74, 6) is -0.139. The summed E-state index contributed by atoms with van der Waals surface area (Å²) < 4.78 is 38.6. The topological polar surface area (TPSA) is 79.9 Å². The molecule has 10 heteroatoms. The fourth-order valence-electron chi connectivity index (χ4n) is 3.31. The highest BCUT2D eigenvalue weighted by Gasteiger charge is 2.34. The van der Waals surface area contributed by atoms with Crippen LogP contribution in [0, 0.1) is 10.1 Å². The van der Waals surface area contributed by atoms with Gasteiger partial charge in [-0.1, -0.05) is 18.2 Å². The lowest BCUT2D eigenvalue weighted by atomic mass is 10.1. The summed E-state index contributed by atoms with van der Waals surface area (Å²) in [6.45, 7) is 2.14. The first-order chi connectivity index (χ1) is 13.7. The van der Waals surface area contributed by atoms with Crippen molar-refractivity contribution in [3.63, 3.8) is 0 Å². The molecule has 154 valence electrons. The van der Waals surface area contributed by atoms with E-state index in [0.717, 1.165) is 17.0 Å².